The lowest BCUT2D eigenvalue weighted by molar-refractivity contribution is -0.142. The highest BCUT2D eigenvalue weighted by molar-refractivity contribution is 14.2. The molecule has 1 saturated heterocycles. The van der Waals surface area contributed by atoms with Crippen LogP contribution in [0, 0.1) is 0 Å². The van der Waals surface area contributed by atoms with Crippen molar-refractivity contribution in [3.05, 3.63) is 34.4 Å². The van der Waals surface area contributed by atoms with E-state index in [-0.39, 0.29) is 17.7 Å². The maximum Gasteiger partial charge on any atom is 0.252 e. The number of phenols is 1. The second-order valence-electron chi connectivity index (χ2n) is 9.43. The molecule has 3 heterocycles. The summed E-state index contributed by atoms with van der Waals surface area (Å²) in [5.74, 6) is 1.09. The van der Waals surface area contributed by atoms with Gasteiger partial charge in [0, 0.05) is 60.7 Å². The molecule has 3 atom stereocenters. The summed E-state index contributed by atoms with van der Waals surface area (Å²) in [7, 11) is 5.85. The van der Waals surface area contributed by atoms with Crippen molar-refractivity contribution in [2.24, 2.45) is 0 Å². The van der Waals surface area contributed by atoms with E-state index in [1.54, 1.807) is 4.90 Å². The normalized spacial score (nSPS) is 27.4. The molecule has 0 saturated carbocycles. The number of aromatic hydroxyl groups is 1. The van der Waals surface area contributed by atoms with Crippen molar-refractivity contribution in [1.82, 2.24) is 14.7 Å². The zero-order valence-corrected chi connectivity index (χ0v) is 22.6. The zero-order valence-electron chi connectivity index (χ0n) is 19.7. The standard InChI is InChI=1S/C24H34IN3O3S/c1-15(32-25)7-6-8-18-20(29)10-9-19-21(18)31-24(17(3)16(2)23(30)27(24)5)22(19)28-13-11-26(4)12-14-28/h9-10,15,22,29H,6-8,11-14H2,1-5H3/t15?,22-,24-/m0/s1. The van der Waals surface area contributed by atoms with Gasteiger partial charge in [0.05, 0.1) is 0 Å². The molecule has 1 unspecified atom stereocenters. The largest absolute Gasteiger partial charge is 0.508 e. The Bertz CT molecular complexity index is 931. The molecule has 0 aliphatic carbocycles. The first kappa shape index (κ1) is 24.2. The summed E-state index contributed by atoms with van der Waals surface area (Å²) in [5.41, 5.74) is 2.85. The third-order valence-corrected chi connectivity index (χ3v) is 10.6. The average Bonchev–Trinajstić information content (AvgIpc) is 3.21. The highest BCUT2D eigenvalue weighted by Crippen LogP contribution is 2.56. The number of carbonyl (C=O) groups excluding carboxylic acids is 1. The molecule has 4 rings (SSSR count). The maximum absolute atomic E-state index is 13.0. The van der Waals surface area contributed by atoms with Gasteiger partial charge in [-0.2, -0.15) is 0 Å². The number of likely N-dealkylation sites (N-methyl/N-ethyl adjacent to an activating group) is 2. The Kier molecular flexibility index (Phi) is 7.06. The number of rotatable bonds is 6. The molecule has 0 bridgehead atoms. The number of nitrogens with zero attached hydrogens (tertiary/aromatic N) is 3. The van der Waals surface area contributed by atoms with E-state index in [1.807, 2.05) is 42.0 Å². The van der Waals surface area contributed by atoms with Crippen LogP contribution in [0.3, 0.4) is 0 Å². The molecule has 176 valence electrons. The second-order valence-corrected chi connectivity index (χ2v) is 11.9. The topological polar surface area (TPSA) is 56.3 Å². The van der Waals surface area contributed by atoms with Gasteiger partial charge in [0.25, 0.3) is 5.91 Å². The lowest BCUT2D eigenvalue weighted by Gasteiger charge is -2.45. The summed E-state index contributed by atoms with van der Waals surface area (Å²) in [6.07, 6.45) is 2.83. The highest BCUT2D eigenvalue weighted by atomic mass is 127. The van der Waals surface area contributed by atoms with Crippen LogP contribution in [-0.2, 0) is 11.2 Å². The molecule has 0 radical (unpaired) electrons. The van der Waals surface area contributed by atoms with Crippen LogP contribution in [0.25, 0.3) is 0 Å². The van der Waals surface area contributed by atoms with Crippen molar-refractivity contribution in [3.63, 3.8) is 0 Å². The molecule has 1 amide bonds. The van der Waals surface area contributed by atoms with E-state index in [1.165, 1.54) is 0 Å². The Balaban J connectivity index is 1.77. The Morgan fingerprint density at radius 3 is 2.53 bits per heavy atom. The van der Waals surface area contributed by atoms with E-state index >= 15 is 0 Å². The van der Waals surface area contributed by atoms with Crippen molar-refractivity contribution in [1.29, 1.82) is 0 Å². The molecule has 1 spiro atoms. The van der Waals surface area contributed by atoms with Gasteiger partial charge in [0.15, 0.2) is 0 Å². The lowest BCUT2D eigenvalue weighted by Crippen LogP contribution is -2.59. The van der Waals surface area contributed by atoms with Crippen LogP contribution in [0.5, 0.6) is 11.5 Å². The van der Waals surface area contributed by atoms with E-state index in [0.29, 0.717) is 5.25 Å². The quantitative estimate of drug-likeness (QED) is 0.512. The summed E-state index contributed by atoms with van der Waals surface area (Å²) >= 11 is 2.35. The van der Waals surface area contributed by atoms with Crippen LogP contribution in [0.2, 0.25) is 0 Å². The predicted molar refractivity (Wildman–Crippen MR) is 138 cm³/mol. The number of halogens is 1. The first-order chi connectivity index (χ1) is 15.2. The van der Waals surface area contributed by atoms with Gasteiger partial charge in [-0.3, -0.25) is 14.6 Å². The van der Waals surface area contributed by atoms with E-state index in [9.17, 15) is 9.90 Å². The second kappa shape index (κ2) is 9.35. The Morgan fingerprint density at radius 2 is 1.94 bits per heavy atom. The third-order valence-electron chi connectivity index (χ3n) is 7.51. The summed E-state index contributed by atoms with van der Waals surface area (Å²) < 4.78 is 6.83. The van der Waals surface area contributed by atoms with Gasteiger partial charge >= 0.3 is 0 Å². The van der Waals surface area contributed by atoms with Gasteiger partial charge in [-0.1, -0.05) is 15.9 Å². The number of benzene rings is 1. The van der Waals surface area contributed by atoms with Crippen LogP contribution in [0.4, 0.5) is 0 Å². The van der Waals surface area contributed by atoms with Crippen molar-refractivity contribution < 1.29 is 14.6 Å². The van der Waals surface area contributed by atoms with Gasteiger partial charge < -0.3 is 14.7 Å². The molecule has 6 nitrogen and oxygen atoms in total. The number of ether oxygens (including phenoxy) is 1. The zero-order chi connectivity index (χ0) is 23.2. The minimum absolute atomic E-state index is 0.0214. The monoisotopic (exact) mass is 571 g/mol. The molecule has 1 aromatic carbocycles. The number of carbonyl (C=O) groups is 1. The van der Waals surface area contributed by atoms with E-state index in [2.05, 4.69) is 45.0 Å². The van der Waals surface area contributed by atoms with Crippen molar-refractivity contribution >= 4 is 36.0 Å². The lowest BCUT2D eigenvalue weighted by atomic mass is 9.89. The first-order valence-corrected chi connectivity index (χ1v) is 14.8. The SMILES string of the molecule is CC1=C(C)[C@@]2(Oc3c(ccc(O)c3CCCC(C)SI)[C@@H]2N2CCN(C)CC2)N(C)C1=O. The molecular weight excluding hydrogens is 537 g/mol. The molecule has 32 heavy (non-hydrogen) atoms. The van der Waals surface area contributed by atoms with E-state index in [0.717, 1.165) is 73.5 Å². The van der Waals surface area contributed by atoms with E-state index < -0.39 is 5.72 Å². The molecule has 8 heteroatoms. The summed E-state index contributed by atoms with van der Waals surface area (Å²) in [4.78, 5) is 19.6. The Morgan fingerprint density at radius 1 is 1.25 bits per heavy atom. The third kappa shape index (κ3) is 3.84. The highest BCUT2D eigenvalue weighted by Gasteiger charge is 2.61. The van der Waals surface area contributed by atoms with Crippen molar-refractivity contribution in [2.45, 2.75) is 57.1 Å². The number of phenolic OH excluding ortho intramolecular Hbond substituents is 1. The first-order valence-electron chi connectivity index (χ1n) is 11.4. The summed E-state index contributed by atoms with van der Waals surface area (Å²) in [5, 5.41) is 11.4. The van der Waals surface area contributed by atoms with Crippen molar-refractivity contribution in [3.8, 4) is 11.5 Å². The van der Waals surface area contributed by atoms with Crippen LogP contribution >= 0.6 is 30.1 Å². The Hall–Kier alpha value is -0.970. The molecule has 1 N–H and O–H groups in total. The average molecular weight is 572 g/mol. The number of hydrogen-bond acceptors (Lipinski definition) is 6. The molecular formula is C24H34IN3O3S. The Labute approximate surface area is 207 Å². The number of piperazine rings is 1. The summed E-state index contributed by atoms with van der Waals surface area (Å²) in [6.45, 7) is 9.97. The van der Waals surface area contributed by atoms with E-state index in [4.69, 9.17) is 4.74 Å². The summed E-state index contributed by atoms with van der Waals surface area (Å²) in [6, 6.07) is 3.74. The number of amides is 1. The fourth-order valence-corrected chi connectivity index (χ4v) is 6.41. The fraction of sp³-hybridized carbons (Fsp3) is 0.625. The van der Waals surface area contributed by atoms with Crippen LogP contribution in [-0.4, -0.2) is 77.0 Å². The number of hydrogen-bond donors (Lipinski definition) is 1. The van der Waals surface area contributed by atoms with Gasteiger partial charge in [0.2, 0.25) is 5.72 Å². The molecule has 3 aliphatic heterocycles. The van der Waals surface area contributed by atoms with Gasteiger partial charge in [-0.25, -0.2) is 0 Å². The molecule has 3 aliphatic rings. The maximum atomic E-state index is 13.0. The van der Waals surface area contributed by atoms with Crippen LogP contribution < -0.4 is 4.74 Å². The van der Waals surface area contributed by atoms with Crippen molar-refractivity contribution in [2.75, 3.05) is 40.3 Å². The van der Waals surface area contributed by atoms with Crippen LogP contribution in [0.1, 0.15) is 50.8 Å². The number of fused-ring (bicyclic) bond motifs is 1. The smallest absolute Gasteiger partial charge is 0.252 e. The minimum atomic E-state index is -0.854. The predicted octanol–water partition coefficient (Wildman–Crippen LogP) is 4.37. The van der Waals surface area contributed by atoms with Crippen LogP contribution in [0.15, 0.2) is 23.3 Å². The van der Waals surface area contributed by atoms with Gasteiger partial charge in [-0.05, 0) is 73.5 Å². The molecule has 0 aromatic heterocycles. The fourth-order valence-electron chi connectivity index (χ4n) is 5.39. The minimum Gasteiger partial charge on any atom is -0.508 e. The van der Waals surface area contributed by atoms with Gasteiger partial charge in [-0.15, -0.1) is 0 Å². The van der Waals surface area contributed by atoms with Gasteiger partial charge in [0.1, 0.15) is 17.5 Å². The molecule has 1 fully saturated rings. The molecule has 1 aromatic rings.